The second-order valence-electron chi connectivity index (χ2n) is 2.84. The first-order valence-electron chi connectivity index (χ1n) is 4.54. The van der Waals surface area contributed by atoms with Crippen LogP contribution in [-0.4, -0.2) is 35.2 Å². The minimum atomic E-state index is 0.252. The molecule has 0 amide bonds. The van der Waals surface area contributed by atoms with Gasteiger partial charge in [0.05, 0.1) is 12.8 Å². The molecular formula is C8H8BrN5O4. The van der Waals surface area contributed by atoms with E-state index in [0.29, 0.717) is 42.1 Å². The van der Waals surface area contributed by atoms with Crippen LogP contribution in [0.3, 0.4) is 0 Å². The van der Waals surface area contributed by atoms with E-state index in [1.165, 1.54) is 0 Å². The van der Waals surface area contributed by atoms with Gasteiger partial charge in [-0.05, 0) is 15.9 Å². The van der Waals surface area contributed by atoms with Crippen molar-refractivity contribution in [3.05, 3.63) is 0 Å². The molecule has 96 valence electrons. The number of rotatable bonds is 2. The molecule has 9 nitrogen and oxygen atoms in total. The first-order valence-corrected chi connectivity index (χ1v) is 5.33. The average molecular weight is 318 g/mol. The molecule has 0 aromatic heterocycles. The maximum Gasteiger partial charge on any atom is 0.299 e. The molecule has 2 N–H and O–H groups in total. The number of nitrogens with zero attached hydrogens (tertiary/aromatic N) is 4. The van der Waals surface area contributed by atoms with Crippen LogP contribution in [-0.2, 0) is 19.1 Å². The molecule has 0 aromatic rings. The summed E-state index contributed by atoms with van der Waals surface area (Å²) in [6, 6.07) is 0. The van der Waals surface area contributed by atoms with Gasteiger partial charge in [0.25, 0.3) is 12.9 Å². The predicted octanol–water partition coefficient (Wildman–Crippen LogP) is -0.0962. The van der Waals surface area contributed by atoms with Crippen molar-refractivity contribution in [2.45, 2.75) is 12.8 Å². The smallest absolute Gasteiger partial charge is 0.299 e. The summed E-state index contributed by atoms with van der Waals surface area (Å²) in [6.45, 7) is 0.632. The quantitative estimate of drug-likeness (QED) is 0.711. The van der Waals surface area contributed by atoms with E-state index in [9.17, 15) is 9.59 Å². The van der Waals surface area contributed by atoms with E-state index in [4.69, 9.17) is 5.73 Å². The molecule has 0 saturated carbocycles. The van der Waals surface area contributed by atoms with Crippen molar-refractivity contribution in [1.29, 1.82) is 0 Å². The van der Waals surface area contributed by atoms with E-state index < -0.39 is 0 Å². The van der Waals surface area contributed by atoms with Crippen LogP contribution in [0.4, 0.5) is 0 Å². The van der Waals surface area contributed by atoms with Gasteiger partial charge in [-0.3, -0.25) is 9.59 Å². The summed E-state index contributed by atoms with van der Waals surface area (Å²) < 4.78 is 9.43. The number of nitrogens with two attached hydrogens (primary N) is 1. The molecule has 2 heterocycles. The number of amidine groups is 1. The normalized spacial score (nSPS) is 16.5. The SMILES string of the molecule is NC1=NN=C(OC=O)C1.O=COC1=NN=C(Br)C1. The van der Waals surface area contributed by atoms with Crippen molar-refractivity contribution in [2.75, 3.05) is 0 Å². The lowest BCUT2D eigenvalue weighted by Gasteiger charge is -1.90. The molecule has 0 aromatic carbocycles. The van der Waals surface area contributed by atoms with E-state index in [0.717, 1.165) is 0 Å². The molecule has 0 unspecified atom stereocenters. The topological polar surface area (TPSA) is 128 Å². The maximum atomic E-state index is 9.70. The Balaban J connectivity index is 0.000000180. The number of hydrogen-bond donors (Lipinski definition) is 1. The second-order valence-corrected chi connectivity index (χ2v) is 3.75. The van der Waals surface area contributed by atoms with Gasteiger partial charge in [0.1, 0.15) is 10.5 Å². The van der Waals surface area contributed by atoms with Gasteiger partial charge in [-0.25, -0.2) is 0 Å². The fraction of sp³-hybridized carbons (Fsp3) is 0.250. The molecule has 0 radical (unpaired) electrons. The van der Waals surface area contributed by atoms with Gasteiger partial charge in [-0.2, -0.15) is 0 Å². The lowest BCUT2D eigenvalue weighted by atomic mass is 10.4. The minimum absolute atomic E-state index is 0.252. The monoisotopic (exact) mass is 317 g/mol. The van der Waals surface area contributed by atoms with E-state index in [-0.39, 0.29) is 5.90 Å². The van der Waals surface area contributed by atoms with Crippen LogP contribution in [0, 0.1) is 0 Å². The molecule has 0 saturated heterocycles. The van der Waals surface area contributed by atoms with Crippen molar-refractivity contribution < 1.29 is 19.1 Å². The third-order valence-corrected chi connectivity index (χ3v) is 2.00. The molecular weight excluding hydrogens is 310 g/mol. The van der Waals surface area contributed by atoms with E-state index >= 15 is 0 Å². The second kappa shape index (κ2) is 7.27. The van der Waals surface area contributed by atoms with Gasteiger partial charge in [0.15, 0.2) is 0 Å². The van der Waals surface area contributed by atoms with E-state index in [1.54, 1.807) is 0 Å². The van der Waals surface area contributed by atoms with Crippen LogP contribution in [0.15, 0.2) is 20.4 Å². The van der Waals surface area contributed by atoms with Gasteiger partial charge in [0.2, 0.25) is 11.8 Å². The van der Waals surface area contributed by atoms with E-state index in [1.807, 2.05) is 0 Å². The molecule has 18 heavy (non-hydrogen) atoms. The summed E-state index contributed by atoms with van der Waals surface area (Å²) in [4.78, 5) is 19.4. The van der Waals surface area contributed by atoms with Gasteiger partial charge >= 0.3 is 0 Å². The molecule has 0 fully saturated rings. The Morgan fingerprint density at radius 3 is 1.94 bits per heavy atom. The number of carbonyl (C=O) groups excluding carboxylic acids is 2. The standard InChI is InChI=1S/C4H3BrN2O2.C4H5N3O2/c2*5-3-1-4(7-6-3)9-2-8/h2H,1H2;2H,1H2,(H2,5,6). The van der Waals surface area contributed by atoms with Crippen LogP contribution in [0.25, 0.3) is 0 Å². The van der Waals surface area contributed by atoms with Gasteiger partial charge in [0, 0.05) is 0 Å². The fourth-order valence-corrected chi connectivity index (χ4v) is 1.21. The zero-order valence-electron chi connectivity index (χ0n) is 8.95. The summed E-state index contributed by atoms with van der Waals surface area (Å²) in [6.07, 6.45) is 0.803. The lowest BCUT2D eigenvalue weighted by molar-refractivity contribution is -0.122. The van der Waals surface area contributed by atoms with Gasteiger partial charge in [-0.1, -0.05) is 0 Å². The molecule has 2 aliphatic rings. The summed E-state index contributed by atoms with van der Waals surface area (Å²) in [5, 5.41) is 14.0. The van der Waals surface area contributed by atoms with Crippen molar-refractivity contribution in [3.63, 3.8) is 0 Å². The Labute approximate surface area is 110 Å². The fourth-order valence-electron chi connectivity index (χ4n) is 0.893. The van der Waals surface area contributed by atoms with Crippen molar-refractivity contribution in [3.8, 4) is 0 Å². The highest BCUT2D eigenvalue weighted by Gasteiger charge is 2.10. The maximum absolute atomic E-state index is 9.70. The zero-order valence-corrected chi connectivity index (χ0v) is 10.5. The van der Waals surface area contributed by atoms with Crippen LogP contribution in [0.5, 0.6) is 0 Å². The average Bonchev–Trinajstić information content (AvgIpc) is 2.90. The van der Waals surface area contributed by atoms with Crippen molar-refractivity contribution in [1.82, 2.24) is 0 Å². The Bertz CT molecular complexity index is 414. The number of hydrogen-bond acceptors (Lipinski definition) is 9. The summed E-state index contributed by atoms with van der Waals surface area (Å²) in [5.41, 5.74) is 5.19. The van der Waals surface area contributed by atoms with Crippen LogP contribution in [0.2, 0.25) is 0 Å². The third-order valence-electron chi connectivity index (χ3n) is 1.56. The first-order chi connectivity index (χ1) is 8.65. The first kappa shape index (κ1) is 14.0. The third kappa shape index (κ3) is 4.82. The molecule has 0 spiro atoms. The summed E-state index contributed by atoms with van der Waals surface area (Å²) in [5.74, 6) is 0.950. The number of ether oxygens (including phenoxy) is 2. The molecule has 0 aliphatic carbocycles. The lowest BCUT2D eigenvalue weighted by Crippen LogP contribution is -2.13. The Morgan fingerprint density at radius 1 is 1.00 bits per heavy atom. The molecule has 0 atom stereocenters. The highest BCUT2D eigenvalue weighted by molar-refractivity contribution is 9.18. The highest BCUT2D eigenvalue weighted by Crippen LogP contribution is 2.06. The summed E-state index contributed by atoms with van der Waals surface area (Å²) >= 11 is 3.09. The van der Waals surface area contributed by atoms with Crippen LogP contribution >= 0.6 is 15.9 Å². The minimum Gasteiger partial charge on any atom is -0.412 e. The Morgan fingerprint density at radius 2 is 1.56 bits per heavy atom. The molecule has 2 aliphatic heterocycles. The van der Waals surface area contributed by atoms with E-state index in [2.05, 4.69) is 45.8 Å². The molecule has 0 bridgehead atoms. The van der Waals surface area contributed by atoms with Crippen LogP contribution in [0.1, 0.15) is 12.8 Å². The predicted molar refractivity (Wildman–Crippen MR) is 66.4 cm³/mol. The van der Waals surface area contributed by atoms with Crippen molar-refractivity contribution >= 4 is 51.1 Å². The largest absolute Gasteiger partial charge is 0.412 e. The molecule has 2 rings (SSSR count). The van der Waals surface area contributed by atoms with Crippen molar-refractivity contribution in [2.24, 2.45) is 26.1 Å². The zero-order chi connectivity index (χ0) is 13.4. The van der Waals surface area contributed by atoms with Gasteiger partial charge in [-0.15, -0.1) is 20.4 Å². The molecule has 10 heteroatoms. The van der Waals surface area contributed by atoms with Gasteiger partial charge < -0.3 is 15.2 Å². The summed E-state index contributed by atoms with van der Waals surface area (Å²) in [7, 11) is 0. The Hall–Kier alpha value is -2.10. The number of halogens is 1. The number of carbonyl (C=O) groups is 2. The van der Waals surface area contributed by atoms with Crippen LogP contribution < -0.4 is 5.73 Å². The Kier molecular flexibility index (Phi) is 5.64. The highest BCUT2D eigenvalue weighted by atomic mass is 79.9.